The molecule has 0 aliphatic carbocycles. The van der Waals surface area contributed by atoms with E-state index in [1.165, 1.54) is 5.56 Å². The first-order chi connectivity index (χ1) is 8.25. The van der Waals surface area contributed by atoms with E-state index in [2.05, 4.69) is 34.6 Å². The summed E-state index contributed by atoms with van der Waals surface area (Å²) in [5, 5.41) is 3.29. The summed E-state index contributed by atoms with van der Waals surface area (Å²) >= 11 is 0. The summed E-state index contributed by atoms with van der Waals surface area (Å²) in [6.07, 6.45) is 0.992. The molecule has 1 aromatic heterocycles. The Labute approximate surface area is 102 Å². The first kappa shape index (κ1) is 11.5. The molecule has 0 aliphatic heterocycles. The maximum absolute atomic E-state index is 5.72. The first-order valence-electron chi connectivity index (χ1n) is 5.76. The third-order valence-corrected chi connectivity index (χ3v) is 2.69. The van der Waals surface area contributed by atoms with Gasteiger partial charge in [-0.3, -0.25) is 0 Å². The maximum atomic E-state index is 5.72. The van der Waals surface area contributed by atoms with E-state index in [1.54, 1.807) is 0 Å². The van der Waals surface area contributed by atoms with Crippen molar-refractivity contribution in [2.24, 2.45) is 0 Å². The zero-order chi connectivity index (χ0) is 12.1. The summed E-state index contributed by atoms with van der Waals surface area (Å²) in [6, 6.07) is 14.2. The normalized spacial score (nSPS) is 10.2. The van der Waals surface area contributed by atoms with Gasteiger partial charge < -0.3 is 11.1 Å². The second kappa shape index (κ2) is 5.34. The van der Waals surface area contributed by atoms with E-state index >= 15 is 0 Å². The standard InChI is InChI=1S/C14H17N3/c1-11-13(15)7-8-14(17-11)16-10-9-12-5-3-2-4-6-12/h2-8H,9-10,15H2,1H3,(H,16,17). The Kier molecular flexibility index (Phi) is 3.60. The monoisotopic (exact) mass is 227 g/mol. The van der Waals surface area contributed by atoms with Crippen LogP contribution < -0.4 is 11.1 Å². The number of nitrogens with zero attached hydrogens (tertiary/aromatic N) is 1. The largest absolute Gasteiger partial charge is 0.397 e. The van der Waals surface area contributed by atoms with E-state index in [0.717, 1.165) is 30.2 Å². The first-order valence-corrected chi connectivity index (χ1v) is 5.76. The van der Waals surface area contributed by atoms with Gasteiger partial charge in [-0.2, -0.15) is 0 Å². The highest BCUT2D eigenvalue weighted by atomic mass is 15.0. The van der Waals surface area contributed by atoms with Crippen LogP contribution in [0, 0.1) is 6.92 Å². The number of anilines is 2. The number of nitrogens with two attached hydrogens (primary N) is 1. The zero-order valence-corrected chi connectivity index (χ0v) is 9.98. The van der Waals surface area contributed by atoms with Crippen molar-refractivity contribution in [3.05, 3.63) is 53.7 Å². The molecule has 3 N–H and O–H groups in total. The van der Waals surface area contributed by atoms with Crippen molar-refractivity contribution in [3.8, 4) is 0 Å². The van der Waals surface area contributed by atoms with Crippen molar-refractivity contribution >= 4 is 11.5 Å². The maximum Gasteiger partial charge on any atom is 0.126 e. The van der Waals surface area contributed by atoms with Gasteiger partial charge in [0.15, 0.2) is 0 Å². The summed E-state index contributed by atoms with van der Waals surface area (Å²) in [7, 11) is 0. The van der Waals surface area contributed by atoms with Gasteiger partial charge in [0, 0.05) is 6.54 Å². The molecule has 2 aromatic rings. The number of rotatable bonds is 4. The van der Waals surface area contributed by atoms with Crippen LogP contribution in [0.2, 0.25) is 0 Å². The highest BCUT2D eigenvalue weighted by molar-refractivity contribution is 5.49. The molecule has 3 heteroatoms. The molecule has 0 saturated carbocycles. The lowest BCUT2D eigenvalue weighted by Crippen LogP contribution is -2.07. The average Bonchev–Trinajstić information content (AvgIpc) is 2.35. The number of hydrogen-bond donors (Lipinski definition) is 2. The van der Waals surface area contributed by atoms with Gasteiger partial charge in [0.05, 0.1) is 11.4 Å². The van der Waals surface area contributed by atoms with Crippen LogP contribution in [-0.2, 0) is 6.42 Å². The highest BCUT2D eigenvalue weighted by Gasteiger charge is 1.98. The molecule has 1 heterocycles. The highest BCUT2D eigenvalue weighted by Crippen LogP contribution is 2.11. The molecular weight excluding hydrogens is 210 g/mol. The molecule has 2 rings (SSSR count). The van der Waals surface area contributed by atoms with Gasteiger partial charge in [-0.1, -0.05) is 30.3 Å². The van der Waals surface area contributed by atoms with Gasteiger partial charge >= 0.3 is 0 Å². The Balaban J connectivity index is 1.88. The minimum absolute atomic E-state index is 0.735. The van der Waals surface area contributed by atoms with E-state index in [9.17, 15) is 0 Å². The average molecular weight is 227 g/mol. The van der Waals surface area contributed by atoms with E-state index in [0.29, 0.717) is 0 Å². The zero-order valence-electron chi connectivity index (χ0n) is 9.98. The number of pyridine rings is 1. The molecule has 0 aliphatic rings. The third-order valence-electron chi connectivity index (χ3n) is 2.69. The Morgan fingerprint density at radius 3 is 2.59 bits per heavy atom. The van der Waals surface area contributed by atoms with Crippen molar-refractivity contribution in [2.45, 2.75) is 13.3 Å². The number of hydrogen-bond acceptors (Lipinski definition) is 3. The topological polar surface area (TPSA) is 50.9 Å². The minimum atomic E-state index is 0.735. The molecule has 1 aromatic carbocycles. The van der Waals surface area contributed by atoms with Gasteiger partial charge in [-0.25, -0.2) is 4.98 Å². The second-order valence-corrected chi connectivity index (χ2v) is 4.03. The Morgan fingerprint density at radius 2 is 1.88 bits per heavy atom. The number of aromatic nitrogens is 1. The summed E-state index contributed by atoms with van der Waals surface area (Å²) in [6.45, 7) is 2.79. The molecule has 0 unspecified atom stereocenters. The van der Waals surface area contributed by atoms with Crippen LogP contribution in [0.4, 0.5) is 11.5 Å². The minimum Gasteiger partial charge on any atom is -0.397 e. The fourth-order valence-electron chi connectivity index (χ4n) is 1.65. The second-order valence-electron chi connectivity index (χ2n) is 4.03. The van der Waals surface area contributed by atoms with Gasteiger partial charge in [-0.05, 0) is 31.0 Å². The SMILES string of the molecule is Cc1nc(NCCc2ccccc2)ccc1N. The van der Waals surface area contributed by atoms with Gasteiger partial charge in [0.2, 0.25) is 0 Å². The van der Waals surface area contributed by atoms with Gasteiger partial charge in [0.25, 0.3) is 0 Å². The summed E-state index contributed by atoms with van der Waals surface area (Å²) < 4.78 is 0. The van der Waals surface area contributed by atoms with E-state index in [1.807, 2.05) is 25.1 Å². The van der Waals surface area contributed by atoms with Crippen LogP contribution in [0.1, 0.15) is 11.3 Å². The Hall–Kier alpha value is -2.03. The Morgan fingerprint density at radius 1 is 1.12 bits per heavy atom. The molecule has 0 bridgehead atoms. The molecule has 17 heavy (non-hydrogen) atoms. The summed E-state index contributed by atoms with van der Waals surface area (Å²) in [5.74, 6) is 0.882. The lowest BCUT2D eigenvalue weighted by Gasteiger charge is -2.07. The third kappa shape index (κ3) is 3.21. The lowest BCUT2D eigenvalue weighted by molar-refractivity contribution is 1.00. The number of nitrogen functional groups attached to an aromatic ring is 1. The van der Waals surface area contributed by atoms with Crippen molar-refractivity contribution in [2.75, 3.05) is 17.6 Å². The molecule has 88 valence electrons. The predicted molar refractivity (Wildman–Crippen MR) is 72.0 cm³/mol. The van der Waals surface area contributed by atoms with E-state index < -0.39 is 0 Å². The summed E-state index contributed by atoms with van der Waals surface area (Å²) in [5.41, 5.74) is 8.65. The fourth-order valence-corrected chi connectivity index (χ4v) is 1.65. The lowest BCUT2D eigenvalue weighted by atomic mass is 10.1. The predicted octanol–water partition coefficient (Wildman–Crippen LogP) is 2.63. The van der Waals surface area contributed by atoms with Crippen LogP contribution >= 0.6 is 0 Å². The van der Waals surface area contributed by atoms with Crippen molar-refractivity contribution in [1.82, 2.24) is 4.98 Å². The van der Waals surface area contributed by atoms with Gasteiger partial charge in [-0.15, -0.1) is 0 Å². The molecule has 0 spiro atoms. The molecule has 0 fully saturated rings. The van der Waals surface area contributed by atoms with Crippen LogP contribution in [-0.4, -0.2) is 11.5 Å². The summed E-state index contributed by atoms with van der Waals surface area (Å²) in [4.78, 5) is 4.37. The Bertz CT molecular complexity index is 480. The number of aryl methyl sites for hydroxylation is 1. The smallest absolute Gasteiger partial charge is 0.126 e. The van der Waals surface area contributed by atoms with E-state index in [-0.39, 0.29) is 0 Å². The molecule has 0 amide bonds. The number of nitrogens with one attached hydrogen (secondary N) is 1. The number of benzene rings is 1. The van der Waals surface area contributed by atoms with E-state index in [4.69, 9.17) is 5.73 Å². The van der Waals surface area contributed by atoms with Crippen LogP contribution in [0.5, 0.6) is 0 Å². The van der Waals surface area contributed by atoms with Crippen molar-refractivity contribution < 1.29 is 0 Å². The molecule has 0 atom stereocenters. The quantitative estimate of drug-likeness (QED) is 0.844. The van der Waals surface area contributed by atoms with Crippen molar-refractivity contribution in [3.63, 3.8) is 0 Å². The van der Waals surface area contributed by atoms with Crippen LogP contribution in [0.15, 0.2) is 42.5 Å². The molecule has 0 saturated heterocycles. The van der Waals surface area contributed by atoms with Crippen LogP contribution in [0.25, 0.3) is 0 Å². The van der Waals surface area contributed by atoms with Crippen molar-refractivity contribution in [1.29, 1.82) is 0 Å². The molecular formula is C14H17N3. The molecule has 0 radical (unpaired) electrons. The molecule has 3 nitrogen and oxygen atoms in total. The fraction of sp³-hybridized carbons (Fsp3) is 0.214. The van der Waals surface area contributed by atoms with Crippen LogP contribution in [0.3, 0.4) is 0 Å². The van der Waals surface area contributed by atoms with Gasteiger partial charge in [0.1, 0.15) is 5.82 Å².